The van der Waals surface area contributed by atoms with Crippen molar-refractivity contribution in [1.29, 1.82) is 0 Å². The molecule has 1 unspecified atom stereocenters. The Kier molecular flexibility index (Phi) is 23.5. The maximum atomic E-state index is 11.8. The van der Waals surface area contributed by atoms with E-state index in [2.05, 4.69) is 14.0 Å². The van der Waals surface area contributed by atoms with Crippen molar-refractivity contribution in [3.8, 4) is 0 Å². The number of aliphatic hydroxyl groups is 1. The summed E-state index contributed by atoms with van der Waals surface area (Å²) in [7, 11) is 2.27. The lowest BCUT2D eigenvalue weighted by molar-refractivity contribution is -0.910. The normalized spacial score (nSPS) is 13.1. The summed E-state index contributed by atoms with van der Waals surface area (Å²) < 4.78 is 6.32. The fourth-order valence-electron chi connectivity index (χ4n) is 4.44. The third kappa shape index (κ3) is 22.6. The number of aldehydes is 1. The van der Waals surface area contributed by atoms with Gasteiger partial charge in [-0.2, -0.15) is 0 Å². The van der Waals surface area contributed by atoms with Gasteiger partial charge in [0.1, 0.15) is 12.8 Å². The Morgan fingerprint density at radius 1 is 0.727 bits per heavy atom. The molecule has 1 N–H and O–H groups in total. The first-order valence-corrected chi connectivity index (χ1v) is 14.1. The number of ether oxygens (including phenoxy) is 1. The van der Waals surface area contributed by atoms with Crippen molar-refractivity contribution < 1.29 is 23.9 Å². The summed E-state index contributed by atoms with van der Waals surface area (Å²) in [5.41, 5.74) is 0. The lowest BCUT2D eigenvalue weighted by atomic mass is 10.1. The van der Waals surface area contributed by atoms with Crippen molar-refractivity contribution in [3.05, 3.63) is 0 Å². The molecule has 0 spiro atoms. The quantitative estimate of drug-likeness (QED) is 0.0669. The summed E-state index contributed by atoms with van der Waals surface area (Å²) in [5, 5.41) is 9.47. The number of hydrogen-bond donors (Lipinski definition) is 1. The SMILES string of the molecule is CCCCCCCCCOC(=O)CCCCCCC[N+](C)(CCO)CCCCCCCC=O. The van der Waals surface area contributed by atoms with Crippen molar-refractivity contribution in [2.24, 2.45) is 0 Å². The van der Waals surface area contributed by atoms with Crippen molar-refractivity contribution in [1.82, 2.24) is 0 Å². The number of rotatable bonds is 26. The Bertz CT molecular complexity index is 444. The van der Waals surface area contributed by atoms with E-state index >= 15 is 0 Å². The molecule has 0 saturated heterocycles. The van der Waals surface area contributed by atoms with Gasteiger partial charge in [0.25, 0.3) is 0 Å². The number of quaternary nitrogens is 1. The van der Waals surface area contributed by atoms with Crippen LogP contribution in [0.1, 0.15) is 129 Å². The van der Waals surface area contributed by atoms with Gasteiger partial charge >= 0.3 is 5.97 Å². The summed E-state index contributed by atoms with van der Waals surface area (Å²) in [6.07, 6.45) is 22.3. The Morgan fingerprint density at radius 2 is 1.24 bits per heavy atom. The molecule has 5 heteroatoms. The van der Waals surface area contributed by atoms with Crippen molar-refractivity contribution in [2.75, 3.05) is 39.9 Å². The largest absolute Gasteiger partial charge is 0.466 e. The van der Waals surface area contributed by atoms with Gasteiger partial charge in [-0.05, 0) is 44.9 Å². The first-order chi connectivity index (χ1) is 16.1. The molecule has 0 fully saturated rings. The van der Waals surface area contributed by atoms with Gasteiger partial charge in [-0.1, -0.05) is 71.1 Å². The van der Waals surface area contributed by atoms with Crippen LogP contribution in [0.25, 0.3) is 0 Å². The number of esters is 1. The van der Waals surface area contributed by atoms with Gasteiger partial charge in [0.05, 0.1) is 33.4 Å². The second kappa shape index (κ2) is 24.2. The molecule has 0 heterocycles. The predicted octanol–water partition coefficient (Wildman–Crippen LogP) is 6.60. The molecule has 0 aliphatic carbocycles. The minimum atomic E-state index is -0.0284. The summed E-state index contributed by atoms with van der Waals surface area (Å²) in [6.45, 7) is 6.14. The molecule has 196 valence electrons. The van der Waals surface area contributed by atoms with E-state index in [0.717, 1.165) is 62.5 Å². The zero-order valence-electron chi connectivity index (χ0n) is 22.2. The molecule has 5 nitrogen and oxygen atoms in total. The average Bonchev–Trinajstić information content (AvgIpc) is 2.80. The molecular formula is C28H56NO4+. The van der Waals surface area contributed by atoms with Crippen molar-refractivity contribution in [3.63, 3.8) is 0 Å². The minimum Gasteiger partial charge on any atom is -0.466 e. The molecular weight excluding hydrogens is 414 g/mol. The molecule has 33 heavy (non-hydrogen) atoms. The second-order valence-corrected chi connectivity index (χ2v) is 10.1. The molecule has 0 radical (unpaired) electrons. The van der Waals surface area contributed by atoms with Crippen LogP contribution in [0.5, 0.6) is 0 Å². The highest BCUT2D eigenvalue weighted by Gasteiger charge is 2.19. The van der Waals surface area contributed by atoms with Gasteiger partial charge in [-0.15, -0.1) is 0 Å². The topological polar surface area (TPSA) is 63.6 Å². The zero-order valence-corrected chi connectivity index (χ0v) is 22.2. The van der Waals surface area contributed by atoms with Crippen LogP contribution in [0.2, 0.25) is 0 Å². The van der Waals surface area contributed by atoms with Gasteiger partial charge < -0.3 is 19.1 Å². The summed E-state index contributed by atoms with van der Waals surface area (Å²) in [5.74, 6) is -0.0284. The van der Waals surface area contributed by atoms with E-state index in [0.29, 0.717) is 19.4 Å². The van der Waals surface area contributed by atoms with Crippen molar-refractivity contribution in [2.45, 2.75) is 129 Å². The number of nitrogens with zero attached hydrogens (tertiary/aromatic N) is 1. The highest BCUT2D eigenvalue weighted by molar-refractivity contribution is 5.69. The third-order valence-electron chi connectivity index (χ3n) is 6.75. The Hall–Kier alpha value is -0.940. The lowest BCUT2D eigenvalue weighted by Gasteiger charge is -2.34. The van der Waals surface area contributed by atoms with Gasteiger partial charge in [0, 0.05) is 12.8 Å². The first kappa shape index (κ1) is 32.1. The molecule has 0 rings (SSSR count). The Morgan fingerprint density at radius 3 is 1.82 bits per heavy atom. The Balaban J connectivity index is 3.63. The van der Waals surface area contributed by atoms with Crippen molar-refractivity contribution >= 4 is 12.3 Å². The molecule has 0 aromatic rings. The van der Waals surface area contributed by atoms with Crippen LogP contribution in [0.4, 0.5) is 0 Å². The summed E-state index contributed by atoms with van der Waals surface area (Å²) in [4.78, 5) is 22.2. The van der Waals surface area contributed by atoms with Gasteiger partial charge in [-0.25, -0.2) is 0 Å². The molecule has 0 aliphatic rings. The van der Waals surface area contributed by atoms with Crippen LogP contribution in [0.3, 0.4) is 0 Å². The highest BCUT2D eigenvalue weighted by Crippen LogP contribution is 2.14. The number of carbonyl (C=O) groups excluding carboxylic acids is 2. The van der Waals surface area contributed by atoms with E-state index in [1.807, 2.05) is 0 Å². The van der Waals surface area contributed by atoms with Crippen LogP contribution in [-0.4, -0.2) is 61.7 Å². The highest BCUT2D eigenvalue weighted by atomic mass is 16.5. The maximum Gasteiger partial charge on any atom is 0.305 e. The minimum absolute atomic E-state index is 0.0284. The molecule has 0 amide bonds. The number of likely N-dealkylation sites (N-methyl/N-ethyl adjacent to an activating group) is 1. The monoisotopic (exact) mass is 470 g/mol. The van der Waals surface area contributed by atoms with Crippen LogP contribution in [0, 0.1) is 0 Å². The molecule has 0 aromatic heterocycles. The second-order valence-electron chi connectivity index (χ2n) is 10.1. The fraction of sp³-hybridized carbons (Fsp3) is 0.929. The summed E-state index contributed by atoms with van der Waals surface area (Å²) >= 11 is 0. The molecule has 0 saturated carbocycles. The summed E-state index contributed by atoms with van der Waals surface area (Å²) in [6, 6.07) is 0. The number of hydrogen-bond acceptors (Lipinski definition) is 4. The molecule has 0 aliphatic heterocycles. The average molecular weight is 471 g/mol. The van der Waals surface area contributed by atoms with E-state index in [1.54, 1.807) is 0 Å². The number of unbranched alkanes of at least 4 members (excludes halogenated alkanes) is 15. The molecule has 0 bridgehead atoms. The maximum absolute atomic E-state index is 11.8. The van der Waals surface area contributed by atoms with E-state index in [1.165, 1.54) is 77.0 Å². The number of aliphatic hydroxyl groups excluding tert-OH is 1. The molecule has 1 atom stereocenters. The van der Waals surface area contributed by atoms with Gasteiger partial charge in [0.15, 0.2) is 0 Å². The predicted molar refractivity (Wildman–Crippen MR) is 138 cm³/mol. The number of carbonyl (C=O) groups is 2. The smallest absolute Gasteiger partial charge is 0.305 e. The Labute approximate surface area is 205 Å². The zero-order chi connectivity index (χ0) is 24.5. The van der Waals surface area contributed by atoms with E-state index < -0.39 is 0 Å². The lowest BCUT2D eigenvalue weighted by Crippen LogP contribution is -2.47. The van der Waals surface area contributed by atoms with Crippen LogP contribution < -0.4 is 0 Å². The van der Waals surface area contributed by atoms with E-state index in [4.69, 9.17) is 4.74 Å². The van der Waals surface area contributed by atoms with Gasteiger partial charge in [-0.3, -0.25) is 4.79 Å². The first-order valence-electron chi connectivity index (χ1n) is 14.1. The van der Waals surface area contributed by atoms with Crippen LogP contribution in [0.15, 0.2) is 0 Å². The third-order valence-corrected chi connectivity index (χ3v) is 6.75. The van der Waals surface area contributed by atoms with Crippen LogP contribution in [-0.2, 0) is 14.3 Å². The van der Waals surface area contributed by atoms with Crippen LogP contribution >= 0.6 is 0 Å². The van der Waals surface area contributed by atoms with E-state index in [9.17, 15) is 14.7 Å². The van der Waals surface area contributed by atoms with E-state index in [-0.39, 0.29) is 12.6 Å². The standard InChI is InChI=1S/C28H56NO4/c1-3-4-5-6-9-15-20-27-33-28(32)21-16-11-10-13-18-23-29(2,24-26-31)22-17-12-7-8-14-19-25-30/h25,31H,3-24,26-27H2,1-2H3/q+1. The fourth-order valence-corrected chi connectivity index (χ4v) is 4.44. The van der Waals surface area contributed by atoms with Gasteiger partial charge in [0.2, 0.25) is 0 Å². The molecule has 0 aromatic carbocycles.